The second-order valence-corrected chi connectivity index (χ2v) is 15.4. The number of aromatic nitrogens is 1. The van der Waals surface area contributed by atoms with Gasteiger partial charge in [0.25, 0.3) is 0 Å². The Balaban J connectivity index is 1.14. The van der Waals surface area contributed by atoms with Gasteiger partial charge in [-0.25, -0.2) is 0 Å². The van der Waals surface area contributed by atoms with Gasteiger partial charge in [0, 0.05) is 47.6 Å². The molecule has 228 valence electrons. The normalized spacial score (nSPS) is 15.9. The first-order valence-electron chi connectivity index (χ1n) is 17.2. The van der Waals surface area contributed by atoms with Gasteiger partial charge in [0.05, 0.1) is 11.0 Å². The lowest BCUT2D eigenvalue weighted by Crippen LogP contribution is -2.16. The van der Waals surface area contributed by atoms with Crippen molar-refractivity contribution < 1.29 is 0 Å². The minimum Gasteiger partial charge on any atom is -0.309 e. The molecule has 3 aliphatic rings. The Morgan fingerprint density at radius 3 is 2.38 bits per heavy atom. The molecule has 8 aromatic rings. The molecule has 0 unspecified atom stereocenters. The lowest BCUT2D eigenvalue weighted by molar-refractivity contribution is 0.652. The van der Waals surface area contributed by atoms with Gasteiger partial charge in [0.1, 0.15) is 0 Å². The van der Waals surface area contributed by atoms with E-state index in [0.717, 1.165) is 19.3 Å². The Morgan fingerprint density at radius 2 is 1.44 bits per heavy atom. The molecule has 3 aliphatic carbocycles. The smallest absolute Gasteiger partial charge is 0.0544 e. The molecule has 2 heteroatoms. The highest BCUT2D eigenvalue weighted by Gasteiger charge is 2.38. The number of para-hydroxylation sites is 1. The lowest BCUT2D eigenvalue weighted by Gasteiger charge is -2.24. The van der Waals surface area contributed by atoms with E-state index in [2.05, 4.69) is 146 Å². The summed E-state index contributed by atoms with van der Waals surface area (Å²) in [5, 5.41) is 5.38. The van der Waals surface area contributed by atoms with Crippen LogP contribution in [0.15, 0.2) is 133 Å². The van der Waals surface area contributed by atoms with E-state index < -0.39 is 0 Å². The van der Waals surface area contributed by atoms with Crippen molar-refractivity contribution in [2.45, 2.75) is 38.5 Å². The fourth-order valence-corrected chi connectivity index (χ4v) is 10.5. The molecule has 0 spiro atoms. The maximum absolute atomic E-state index is 2.53. The van der Waals surface area contributed by atoms with Crippen LogP contribution >= 0.6 is 11.3 Å². The average molecular weight is 632 g/mol. The zero-order chi connectivity index (χ0) is 31.7. The van der Waals surface area contributed by atoms with Crippen molar-refractivity contribution in [3.8, 4) is 27.9 Å². The standard InChI is InChI=1S/C46H33NS/c1-46(2)39-18-6-3-12-30(39)37-25-38-31-13-4-7-19-41(31)47(42(38)26-40(37)46)29-22-21-27-23-28-11-9-15-33(44(28)36(27)24-29)35-17-10-16-34-32-14-5-8-20-43(32)48-45(34)35/h4-11,13-22,24-26H,3,12,23H2,1-2H3. The Hall–Kier alpha value is -5.18. The first-order chi connectivity index (χ1) is 23.6. The molecule has 1 nitrogen and oxygen atoms in total. The fourth-order valence-electron chi connectivity index (χ4n) is 9.28. The van der Waals surface area contributed by atoms with Crippen molar-refractivity contribution in [3.63, 3.8) is 0 Å². The fraction of sp³-hybridized carbons (Fsp3) is 0.130. The van der Waals surface area contributed by atoms with Crippen molar-refractivity contribution in [2.75, 3.05) is 0 Å². The molecule has 0 N–H and O–H groups in total. The van der Waals surface area contributed by atoms with Gasteiger partial charge in [0.15, 0.2) is 0 Å². The van der Waals surface area contributed by atoms with Crippen molar-refractivity contribution in [3.05, 3.63) is 155 Å². The predicted molar refractivity (Wildman–Crippen MR) is 206 cm³/mol. The minimum atomic E-state index is -0.00352. The van der Waals surface area contributed by atoms with Gasteiger partial charge in [-0.2, -0.15) is 0 Å². The van der Waals surface area contributed by atoms with Crippen molar-refractivity contribution in [2.24, 2.45) is 0 Å². The lowest BCUT2D eigenvalue weighted by atomic mass is 9.80. The molecule has 48 heavy (non-hydrogen) atoms. The molecule has 2 aromatic heterocycles. The highest BCUT2D eigenvalue weighted by Crippen LogP contribution is 2.52. The molecule has 0 aliphatic heterocycles. The number of fused-ring (bicyclic) bond motifs is 11. The molecule has 0 saturated heterocycles. The topological polar surface area (TPSA) is 4.93 Å². The van der Waals surface area contributed by atoms with E-state index >= 15 is 0 Å². The Morgan fingerprint density at radius 1 is 0.625 bits per heavy atom. The molecule has 0 atom stereocenters. The Kier molecular flexibility index (Phi) is 5.29. The van der Waals surface area contributed by atoms with Crippen LogP contribution in [-0.4, -0.2) is 4.57 Å². The molecule has 11 rings (SSSR count). The van der Waals surface area contributed by atoms with Crippen molar-refractivity contribution in [1.82, 2.24) is 4.57 Å². The van der Waals surface area contributed by atoms with E-state index in [4.69, 9.17) is 0 Å². The van der Waals surface area contributed by atoms with Crippen molar-refractivity contribution >= 4 is 58.9 Å². The predicted octanol–water partition coefficient (Wildman–Crippen LogP) is 12.8. The van der Waals surface area contributed by atoms with E-state index in [1.165, 1.54) is 97.7 Å². The highest BCUT2D eigenvalue weighted by atomic mass is 32.1. The van der Waals surface area contributed by atoms with Crippen LogP contribution in [0, 0.1) is 0 Å². The van der Waals surface area contributed by atoms with Crippen LogP contribution in [0.2, 0.25) is 0 Å². The van der Waals surface area contributed by atoms with E-state index in [1.807, 2.05) is 11.3 Å². The zero-order valence-electron chi connectivity index (χ0n) is 27.1. The van der Waals surface area contributed by atoms with Crippen molar-refractivity contribution in [1.29, 1.82) is 0 Å². The zero-order valence-corrected chi connectivity index (χ0v) is 27.9. The molecular formula is C46H33NS. The SMILES string of the molecule is CC1(C)C2=C(CCC=C2)c2cc3c4ccccc4n(-c4ccc5c(c4)-c4c(cccc4-c4cccc6c4sc4ccccc46)C5)c3cc21. The van der Waals surface area contributed by atoms with Crippen LogP contribution in [0.25, 0.3) is 75.5 Å². The molecular weight excluding hydrogens is 599 g/mol. The largest absolute Gasteiger partial charge is 0.309 e. The molecule has 6 aromatic carbocycles. The second kappa shape index (κ2) is 9.46. The number of thiophene rings is 1. The van der Waals surface area contributed by atoms with Crippen LogP contribution in [0.5, 0.6) is 0 Å². The number of rotatable bonds is 2. The summed E-state index contributed by atoms with van der Waals surface area (Å²) in [6.45, 7) is 4.82. The van der Waals surface area contributed by atoms with Crippen LogP contribution in [0.1, 0.15) is 48.9 Å². The van der Waals surface area contributed by atoms with Gasteiger partial charge in [-0.3, -0.25) is 0 Å². The first-order valence-corrected chi connectivity index (χ1v) is 18.0. The average Bonchev–Trinajstić information content (AvgIpc) is 3.84. The maximum Gasteiger partial charge on any atom is 0.0544 e. The quantitative estimate of drug-likeness (QED) is 0.179. The van der Waals surface area contributed by atoms with E-state index in [0.29, 0.717) is 0 Å². The third-order valence-electron chi connectivity index (χ3n) is 11.5. The summed E-state index contributed by atoms with van der Waals surface area (Å²) >= 11 is 1.92. The highest BCUT2D eigenvalue weighted by molar-refractivity contribution is 7.26. The van der Waals surface area contributed by atoms with Crippen LogP contribution in [0.4, 0.5) is 0 Å². The van der Waals surface area contributed by atoms with Crippen LogP contribution < -0.4 is 0 Å². The molecule has 0 fully saturated rings. The number of benzene rings is 6. The molecule has 0 amide bonds. The molecule has 0 bridgehead atoms. The summed E-state index contributed by atoms with van der Waals surface area (Å²) in [4.78, 5) is 0. The van der Waals surface area contributed by atoms with Crippen LogP contribution in [-0.2, 0) is 11.8 Å². The van der Waals surface area contributed by atoms with E-state index in [1.54, 1.807) is 5.57 Å². The monoisotopic (exact) mass is 631 g/mol. The van der Waals surface area contributed by atoms with Gasteiger partial charge >= 0.3 is 0 Å². The minimum absolute atomic E-state index is 0.00352. The van der Waals surface area contributed by atoms with Gasteiger partial charge in [0.2, 0.25) is 0 Å². The number of allylic oxidation sites excluding steroid dienone is 4. The third kappa shape index (κ3) is 3.46. The number of hydrogen-bond acceptors (Lipinski definition) is 1. The Bertz CT molecular complexity index is 2780. The van der Waals surface area contributed by atoms with Gasteiger partial charge in [-0.1, -0.05) is 105 Å². The van der Waals surface area contributed by atoms with Gasteiger partial charge in [-0.15, -0.1) is 11.3 Å². The van der Waals surface area contributed by atoms with E-state index in [9.17, 15) is 0 Å². The van der Waals surface area contributed by atoms with Gasteiger partial charge < -0.3 is 4.57 Å². The Labute approximate surface area is 284 Å². The summed E-state index contributed by atoms with van der Waals surface area (Å²) in [6.07, 6.45) is 7.99. The third-order valence-corrected chi connectivity index (χ3v) is 12.7. The van der Waals surface area contributed by atoms with Crippen LogP contribution in [0.3, 0.4) is 0 Å². The number of nitrogens with zero attached hydrogens (tertiary/aromatic N) is 1. The molecule has 0 saturated carbocycles. The number of hydrogen-bond donors (Lipinski definition) is 0. The molecule has 0 radical (unpaired) electrons. The van der Waals surface area contributed by atoms with Gasteiger partial charge in [-0.05, 0) is 106 Å². The summed E-state index contributed by atoms with van der Waals surface area (Å²) in [6, 6.07) is 43.9. The first kappa shape index (κ1) is 26.8. The molecule has 2 heterocycles. The summed E-state index contributed by atoms with van der Waals surface area (Å²) < 4.78 is 5.26. The second-order valence-electron chi connectivity index (χ2n) is 14.4. The van der Waals surface area contributed by atoms with E-state index in [-0.39, 0.29) is 5.41 Å². The summed E-state index contributed by atoms with van der Waals surface area (Å²) in [5.41, 5.74) is 18.0. The maximum atomic E-state index is 2.53. The summed E-state index contributed by atoms with van der Waals surface area (Å²) in [5.74, 6) is 0. The summed E-state index contributed by atoms with van der Waals surface area (Å²) in [7, 11) is 0.